The van der Waals surface area contributed by atoms with Gasteiger partial charge in [0.2, 0.25) is 0 Å². The van der Waals surface area contributed by atoms with Crippen LogP contribution in [0.5, 0.6) is 0 Å². The topological polar surface area (TPSA) is 47.0 Å². The van der Waals surface area contributed by atoms with E-state index in [0.29, 0.717) is 5.92 Å². The molecule has 4 nitrogen and oxygen atoms in total. The van der Waals surface area contributed by atoms with E-state index in [4.69, 9.17) is 4.74 Å². The van der Waals surface area contributed by atoms with Crippen molar-refractivity contribution in [3.63, 3.8) is 0 Å². The second kappa shape index (κ2) is 6.14. The Balaban J connectivity index is 2.11. The molecule has 0 saturated carbocycles. The van der Waals surface area contributed by atoms with Gasteiger partial charge in [0.05, 0.1) is 0 Å². The number of aryl methyl sites for hydroxylation is 1. The summed E-state index contributed by atoms with van der Waals surface area (Å²) in [5.74, 6) is 2.54. The standard InChI is InChI=1S/C14H23N3O/c1-4-6-15-14-10(2)11(3)16-13(17-14)8-12-5-7-18-9-12/h12H,4-9H2,1-3H3,(H,15,16,17). The third-order valence-corrected chi connectivity index (χ3v) is 3.47. The second-order valence-electron chi connectivity index (χ2n) is 5.06. The molecule has 2 heterocycles. The first kappa shape index (κ1) is 13.3. The molecular weight excluding hydrogens is 226 g/mol. The molecule has 2 rings (SSSR count). The van der Waals surface area contributed by atoms with Gasteiger partial charge < -0.3 is 10.1 Å². The van der Waals surface area contributed by atoms with Gasteiger partial charge in [-0.3, -0.25) is 0 Å². The minimum atomic E-state index is 0.589. The van der Waals surface area contributed by atoms with Crippen LogP contribution in [0.3, 0.4) is 0 Å². The molecule has 1 aliphatic heterocycles. The minimum Gasteiger partial charge on any atom is -0.381 e. The maximum Gasteiger partial charge on any atom is 0.132 e. The van der Waals surface area contributed by atoms with Crippen molar-refractivity contribution in [1.82, 2.24) is 9.97 Å². The fraction of sp³-hybridized carbons (Fsp3) is 0.714. The molecule has 1 aromatic heterocycles. The van der Waals surface area contributed by atoms with Crippen LogP contribution in [0.15, 0.2) is 0 Å². The van der Waals surface area contributed by atoms with Crippen molar-refractivity contribution in [3.8, 4) is 0 Å². The fourth-order valence-corrected chi connectivity index (χ4v) is 2.20. The number of hydrogen-bond acceptors (Lipinski definition) is 4. The van der Waals surface area contributed by atoms with Crippen molar-refractivity contribution in [3.05, 3.63) is 17.1 Å². The number of aromatic nitrogens is 2. The summed E-state index contributed by atoms with van der Waals surface area (Å²) in [6, 6.07) is 0. The van der Waals surface area contributed by atoms with E-state index in [1.54, 1.807) is 0 Å². The highest BCUT2D eigenvalue weighted by Crippen LogP contribution is 2.20. The number of nitrogens with zero attached hydrogens (tertiary/aromatic N) is 2. The van der Waals surface area contributed by atoms with Crippen LogP contribution < -0.4 is 5.32 Å². The predicted octanol–water partition coefficient (Wildman–Crippen LogP) is 2.49. The van der Waals surface area contributed by atoms with Crippen molar-refractivity contribution in [1.29, 1.82) is 0 Å². The highest BCUT2D eigenvalue weighted by molar-refractivity contribution is 5.45. The molecular formula is C14H23N3O. The third kappa shape index (κ3) is 3.19. The van der Waals surface area contributed by atoms with E-state index in [1.165, 1.54) is 0 Å². The Kier molecular flexibility index (Phi) is 4.53. The zero-order valence-corrected chi connectivity index (χ0v) is 11.6. The Morgan fingerprint density at radius 1 is 1.33 bits per heavy atom. The Labute approximate surface area is 109 Å². The highest BCUT2D eigenvalue weighted by atomic mass is 16.5. The Bertz CT molecular complexity index is 400. The molecule has 100 valence electrons. The molecule has 0 amide bonds. The minimum absolute atomic E-state index is 0.589. The van der Waals surface area contributed by atoms with Crippen LogP contribution in [0.4, 0.5) is 5.82 Å². The molecule has 1 atom stereocenters. The highest BCUT2D eigenvalue weighted by Gasteiger charge is 2.18. The lowest BCUT2D eigenvalue weighted by Gasteiger charge is -2.13. The number of ether oxygens (including phenoxy) is 1. The summed E-state index contributed by atoms with van der Waals surface area (Å²) in [5, 5.41) is 3.39. The van der Waals surface area contributed by atoms with E-state index >= 15 is 0 Å². The molecule has 1 fully saturated rings. The van der Waals surface area contributed by atoms with Gasteiger partial charge in [-0.05, 0) is 32.6 Å². The van der Waals surface area contributed by atoms with Gasteiger partial charge in [-0.25, -0.2) is 9.97 Å². The van der Waals surface area contributed by atoms with E-state index < -0.39 is 0 Å². The van der Waals surface area contributed by atoms with Crippen LogP contribution in [0.1, 0.15) is 36.8 Å². The van der Waals surface area contributed by atoms with Crippen molar-refractivity contribution < 1.29 is 4.74 Å². The third-order valence-electron chi connectivity index (χ3n) is 3.47. The molecule has 1 aliphatic rings. The van der Waals surface area contributed by atoms with Gasteiger partial charge in [0.1, 0.15) is 11.6 Å². The number of rotatable bonds is 5. The summed E-state index contributed by atoms with van der Waals surface area (Å²) >= 11 is 0. The molecule has 4 heteroatoms. The van der Waals surface area contributed by atoms with E-state index in [-0.39, 0.29) is 0 Å². The molecule has 1 aromatic rings. The first-order valence-electron chi connectivity index (χ1n) is 6.86. The molecule has 0 aromatic carbocycles. The molecule has 0 bridgehead atoms. The quantitative estimate of drug-likeness (QED) is 0.871. The van der Waals surface area contributed by atoms with Crippen LogP contribution in [-0.2, 0) is 11.2 Å². The van der Waals surface area contributed by atoms with Crippen LogP contribution in [-0.4, -0.2) is 29.7 Å². The van der Waals surface area contributed by atoms with Crippen LogP contribution in [0.25, 0.3) is 0 Å². The number of hydrogen-bond donors (Lipinski definition) is 1. The molecule has 1 unspecified atom stereocenters. The first-order valence-corrected chi connectivity index (χ1v) is 6.86. The molecule has 1 saturated heterocycles. The zero-order valence-electron chi connectivity index (χ0n) is 11.6. The molecule has 0 radical (unpaired) electrons. The molecule has 1 N–H and O–H groups in total. The monoisotopic (exact) mass is 249 g/mol. The summed E-state index contributed by atoms with van der Waals surface area (Å²) in [4.78, 5) is 9.25. The first-order chi connectivity index (χ1) is 8.70. The Hall–Kier alpha value is -1.16. The van der Waals surface area contributed by atoms with Crippen molar-refractivity contribution >= 4 is 5.82 Å². The van der Waals surface area contributed by atoms with Crippen LogP contribution in [0, 0.1) is 19.8 Å². The normalized spacial score (nSPS) is 19.2. The summed E-state index contributed by atoms with van der Waals surface area (Å²) in [7, 11) is 0. The van der Waals surface area contributed by atoms with Crippen LogP contribution in [0.2, 0.25) is 0 Å². The van der Waals surface area contributed by atoms with E-state index in [2.05, 4.69) is 36.1 Å². The van der Waals surface area contributed by atoms with E-state index in [9.17, 15) is 0 Å². The largest absolute Gasteiger partial charge is 0.381 e. The van der Waals surface area contributed by atoms with Gasteiger partial charge in [-0.2, -0.15) is 0 Å². The lowest BCUT2D eigenvalue weighted by Crippen LogP contribution is -2.12. The van der Waals surface area contributed by atoms with Gasteiger partial charge in [0, 0.05) is 37.4 Å². The summed E-state index contributed by atoms with van der Waals surface area (Å²) in [5.41, 5.74) is 2.24. The van der Waals surface area contributed by atoms with Crippen molar-refractivity contribution in [2.24, 2.45) is 5.92 Å². The number of anilines is 1. The van der Waals surface area contributed by atoms with Crippen molar-refractivity contribution in [2.45, 2.75) is 40.0 Å². The smallest absolute Gasteiger partial charge is 0.132 e. The van der Waals surface area contributed by atoms with Gasteiger partial charge in [-0.1, -0.05) is 6.92 Å². The summed E-state index contributed by atoms with van der Waals surface area (Å²) in [6.07, 6.45) is 3.17. The van der Waals surface area contributed by atoms with Crippen LogP contribution >= 0.6 is 0 Å². The SMILES string of the molecule is CCCNc1nc(CC2CCOC2)nc(C)c1C. The molecule has 18 heavy (non-hydrogen) atoms. The second-order valence-corrected chi connectivity index (χ2v) is 5.06. The zero-order chi connectivity index (χ0) is 13.0. The van der Waals surface area contributed by atoms with Gasteiger partial charge in [0.25, 0.3) is 0 Å². The van der Waals surface area contributed by atoms with Gasteiger partial charge >= 0.3 is 0 Å². The van der Waals surface area contributed by atoms with Gasteiger partial charge in [0.15, 0.2) is 0 Å². The Morgan fingerprint density at radius 2 is 2.17 bits per heavy atom. The summed E-state index contributed by atoms with van der Waals surface area (Å²) in [6.45, 7) is 9.00. The maximum absolute atomic E-state index is 5.41. The number of nitrogens with one attached hydrogen (secondary N) is 1. The molecule has 0 aliphatic carbocycles. The van der Waals surface area contributed by atoms with Crippen molar-refractivity contribution in [2.75, 3.05) is 25.1 Å². The average Bonchev–Trinajstić information content (AvgIpc) is 2.84. The predicted molar refractivity (Wildman–Crippen MR) is 72.9 cm³/mol. The fourth-order valence-electron chi connectivity index (χ4n) is 2.20. The molecule has 0 spiro atoms. The maximum atomic E-state index is 5.41. The van der Waals surface area contributed by atoms with Gasteiger partial charge in [-0.15, -0.1) is 0 Å². The van der Waals surface area contributed by atoms with E-state index in [1.807, 2.05) is 0 Å². The summed E-state index contributed by atoms with van der Waals surface area (Å²) < 4.78 is 5.41. The lowest BCUT2D eigenvalue weighted by atomic mass is 10.0. The lowest BCUT2D eigenvalue weighted by molar-refractivity contribution is 0.185. The van der Waals surface area contributed by atoms with E-state index in [0.717, 1.165) is 61.9 Å². The average molecular weight is 249 g/mol. The Morgan fingerprint density at radius 3 is 2.83 bits per heavy atom.